The Morgan fingerprint density at radius 3 is 1.82 bits per heavy atom. The zero-order valence-corrected chi connectivity index (χ0v) is 28.2. The quantitative estimate of drug-likeness (QED) is 0.183. The van der Waals surface area contributed by atoms with E-state index in [2.05, 4.69) is 21.4 Å². The lowest BCUT2D eigenvalue weighted by Crippen LogP contribution is -2.60. The van der Waals surface area contributed by atoms with Gasteiger partial charge in [-0.3, -0.25) is 15.0 Å². The first-order valence-corrected chi connectivity index (χ1v) is 15.8. The number of nitrogens with one attached hydrogen (secondary N) is 4. The van der Waals surface area contributed by atoms with E-state index >= 15 is 0 Å². The Morgan fingerprint density at radius 1 is 0.822 bits per heavy atom. The Bertz CT molecular complexity index is 1080. The summed E-state index contributed by atoms with van der Waals surface area (Å²) in [6.07, 6.45) is 0.839. The van der Waals surface area contributed by atoms with E-state index in [0.29, 0.717) is 26.2 Å². The van der Waals surface area contributed by atoms with E-state index in [4.69, 9.17) is 4.74 Å². The molecule has 0 aliphatic carbocycles. The summed E-state index contributed by atoms with van der Waals surface area (Å²) in [5.74, 6) is -0.994. The Kier molecular flexibility index (Phi) is 15.5. The van der Waals surface area contributed by atoms with Gasteiger partial charge in [0.1, 0.15) is 12.1 Å². The Hall–Kier alpha value is -3.42. The molecule has 0 bridgehead atoms. The molecule has 5 N–H and O–H groups in total. The van der Waals surface area contributed by atoms with Gasteiger partial charge in [0, 0.05) is 54.5 Å². The van der Waals surface area contributed by atoms with Gasteiger partial charge in [0.2, 0.25) is 5.91 Å². The highest BCUT2D eigenvalue weighted by atomic mass is 16.5. The van der Waals surface area contributed by atoms with Gasteiger partial charge < -0.3 is 35.6 Å². The van der Waals surface area contributed by atoms with Gasteiger partial charge in [0.15, 0.2) is 0 Å². The van der Waals surface area contributed by atoms with Crippen molar-refractivity contribution in [3.05, 3.63) is 35.9 Å². The molecule has 6 amide bonds. The molecule has 0 radical (unpaired) electrons. The lowest BCUT2D eigenvalue weighted by Gasteiger charge is -2.35. The van der Waals surface area contributed by atoms with Crippen LogP contribution in [0.1, 0.15) is 46.1 Å². The van der Waals surface area contributed by atoms with Gasteiger partial charge in [0.05, 0.1) is 12.1 Å². The van der Waals surface area contributed by atoms with Crippen LogP contribution in [0, 0.1) is 17.8 Å². The molecular formula is C32H55N7O6. The van der Waals surface area contributed by atoms with Crippen molar-refractivity contribution in [2.24, 2.45) is 17.8 Å². The van der Waals surface area contributed by atoms with Crippen molar-refractivity contribution in [1.29, 1.82) is 0 Å². The van der Waals surface area contributed by atoms with Crippen LogP contribution in [0.3, 0.4) is 0 Å². The molecule has 254 valence electrons. The number of hydrogen-bond acceptors (Lipinski definition) is 7. The molecule has 1 aliphatic heterocycles. The molecule has 0 unspecified atom stereocenters. The van der Waals surface area contributed by atoms with Gasteiger partial charge in [-0.05, 0) is 42.6 Å². The van der Waals surface area contributed by atoms with Crippen LogP contribution < -0.4 is 21.4 Å². The van der Waals surface area contributed by atoms with Gasteiger partial charge in [-0.15, -0.1) is 0 Å². The van der Waals surface area contributed by atoms with Gasteiger partial charge in [0.25, 0.3) is 5.91 Å². The summed E-state index contributed by atoms with van der Waals surface area (Å²) >= 11 is 0. The highest BCUT2D eigenvalue weighted by Crippen LogP contribution is 2.17. The minimum Gasteiger partial charge on any atom is -0.390 e. The van der Waals surface area contributed by atoms with Crippen molar-refractivity contribution in [2.75, 3.05) is 54.5 Å². The second-order valence-electron chi connectivity index (χ2n) is 12.9. The summed E-state index contributed by atoms with van der Waals surface area (Å²) in [5.41, 5.74) is 3.87. The smallest absolute Gasteiger partial charge is 0.317 e. The van der Waals surface area contributed by atoms with Crippen LogP contribution in [0.4, 0.5) is 9.59 Å². The molecule has 1 saturated heterocycles. The molecular weight excluding hydrogens is 578 g/mol. The van der Waals surface area contributed by atoms with Crippen molar-refractivity contribution in [3.8, 4) is 0 Å². The molecule has 1 fully saturated rings. The molecule has 2 rings (SSSR count). The number of benzene rings is 1. The summed E-state index contributed by atoms with van der Waals surface area (Å²) in [4.78, 5) is 54.6. The highest BCUT2D eigenvalue weighted by molar-refractivity contribution is 5.88. The number of urea groups is 2. The van der Waals surface area contributed by atoms with E-state index in [1.807, 2.05) is 58.0 Å². The fourth-order valence-corrected chi connectivity index (χ4v) is 5.00. The number of hydrazine groups is 1. The number of aliphatic hydroxyl groups is 1. The Balaban J connectivity index is 2.32. The van der Waals surface area contributed by atoms with Crippen molar-refractivity contribution in [1.82, 2.24) is 36.2 Å². The number of nitrogens with zero attached hydrogens (tertiary/aromatic N) is 3. The molecule has 1 heterocycles. The molecule has 13 heteroatoms. The second kappa shape index (κ2) is 18.5. The van der Waals surface area contributed by atoms with E-state index in [0.717, 1.165) is 18.4 Å². The average Bonchev–Trinajstić information content (AvgIpc) is 2.98. The Morgan fingerprint density at radius 2 is 1.33 bits per heavy atom. The number of carbonyl (C=O) groups excluding carboxylic acids is 4. The number of amides is 6. The van der Waals surface area contributed by atoms with E-state index in [1.54, 1.807) is 33.2 Å². The van der Waals surface area contributed by atoms with Crippen LogP contribution in [0.25, 0.3) is 0 Å². The third-order valence-corrected chi connectivity index (χ3v) is 7.85. The summed E-state index contributed by atoms with van der Waals surface area (Å²) in [6.45, 7) is 9.09. The van der Waals surface area contributed by atoms with E-state index in [-0.39, 0.29) is 30.3 Å². The molecule has 1 aromatic rings. The zero-order chi connectivity index (χ0) is 33.7. The minimum atomic E-state index is -1.10. The van der Waals surface area contributed by atoms with Crippen LogP contribution >= 0.6 is 0 Å². The Labute approximate surface area is 268 Å². The number of ether oxygens (including phenoxy) is 1. The number of hydrogen-bond donors (Lipinski definition) is 5. The van der Waals surface area contributed by atoms with E-state index < -0.39 is 42.1 Å². The number of carbonyl (C=O) groups is 4. The third-order valence-electron chi connectivity index (χ3n) is 7.85. The minimum absolute atomic E-state index is 0.0176. The largest absolute Gasteiger partial charge is 0.390 e. The van der Waals surface area contributed by atoms with Crippen LogP contribution in [-0.4, -0.2) is 123 Å². The summed E-state index contributed by atoms with van der Waals surface area (Å²) in [5, 5.41) is 21.9. The second-order valence-corrected chi connectivity index (χ2v) is 12.9. The van der Waals surface area contributed by atoms with Crippen LogP contribution in [-0.2, 0) is 20.7 Å². The molecule has 0 spiro atoms. The molecule has 0 aromatic heterocycles. The first kappa shape index (κ1) is 37.8. The van der Waals surface area contributed by atoms with Gasteiger partial charge in [-0.2, -0.15) is 0 Å². The first-order chi connectivity index (χ1) is 21.2. The fourth-order valence-electron chi connectivity index (χ4n) is 5.00. The molecule has 13 nitrogen and oxygen atoms in total. The monoisotopic (exact) mass is 633 g/mol. The predicted octanol–water partition coefficient (Wildman–Crippen LogP) is 1.43. The SMILES string of the molecule is CC(C)[C@H](NC(=O)N(C)C)C(=O)N[C@@H](Cc1ccccc1)[C@@H](O)CN(CC1CCOCC1)NC(=O)[C@@H](NC(=O)N(C)C)C(C)C. The van der Waals surface area contributed by atoms with E-state index in [1.165, 1.54) is 9.80 Å². The van der Waals surface area contributed by atoms with Crippen LogP contribution in [0.15, 0.2) is 30.3 Å². The maximum atomic E-state index is 13.6. The number of aliphatic hydroxyl groups excluding tert-OH is 1. The average molecular weight is 634 g/mol. The maximum Gasteiger partial charge on any atom is 0.317 e. The lowest BCUT2D eigenvalue weighted by atomic mass is 9.97. The molecule has 45 heavy (non-hydrogen) atoms. The van der Waals surface area contributed by atoms with Crippen molar-refractivity contribution in [2.45, 2.75) is 71.2 Å². The normalized spacial score (nSPS) is 16.4. The van der Waals surface area contributed by atoms with E-state index in [9.17, 15) is 24.3 Å². The summed E-state index contributed by atoms with van der Waals surface area (Å²) in [7, 11) is 6.41. The van der Waals surface area contributed by atoms with Crippen molar-refractivity contribution in [3.63, 3.8) is 0 Å². The molecule has 1 aromatic carbocycles. The van der Waals surface area contributed by atoms with Crippen LogP contribution in [0.5, 0.6) is 0 Å². The highest BCUT2D eigenvalue weighted by Gasteiger charge is 2.33. The molecule has 1 aliphatic rings. The topological polar surface area (TPSA) is 156 Å². The number of rotatable bonds is 15. The zero-order valence-electron chi connectivity index (χ0n) is 28.2. The van der Waals surface area contributed by atoms with Gasteiger partial charge >= 0.3 is 12.1 Å². The third kappa shape index (κ3) is 12.8. The van der Waals surface area contributed by atoms with Gasteiger partial charge in [-0.1, -0.05) is 58.0 Å². The van der Waals surface area contributed by atoms with Crippen LogP contribution in [0.2, 0.25) is 0 Å². The molecule has 0 saturated carbocycles. The maximum absolute atomic E-state index is 13.6. The fraction of sp³-hybridized carbons (Fsp3) is 0.688. The van der Waals surface area contributed by atoms with Crippen molar-refractivity contribution < 1.29 is 29.0 Å². The standard InChI is InChI=1S/C32H55N7O6/c1-21(2)27(34-31(43)37(5)6)29(41)33-25(18-23-12-10-9-11-13-23)26(40)20-39(19-24-14-16-45-17-15-24)36-30(42)28(22(3)4)35-32(44)38(7)8/h9-13,21-22,24-28,40H,14-20H2,1-8H3,(H,33,41)(H,34,43)(H,35,44)(H,36,42)/t25-,26-,27-,28-/m0/s1. The predicted molar refractivity (Wildman–Crippen MR) is 173 cm³/mol. The first-order valence-electron chi connectivity index (χ1n) is 15.8. The summed E-state index contributed by atoms with van der Waals surface area (Å²) < 4.78 is 5.52. The molecule has 4 atom stereocenters. The van der Waals surface area contributed by atoms with Gasteiger partial charge in [-0.25, -0.2) is 14.6 Å². The summed E-state index contributed by atoms with van der Waals surface area (Å²) in [6, 6.07) is 6.37. The lowest BCUT2D eigenvalue weighted by molar-refractivity contribution is -0.131. The van der Waals surface area contributed by atoms with Crippen molar-refractivity contribution >= 4 is 23.9 Å².